The number of halogens is 2. The van der Waals surface area contributed by atoms with E-state index in [2.05, 4.69) is 42.1 Å². The summed E-state index contributed by atoms with van der Waals surface area (Å²) < 4.78 is 13.1. The van der Waals surface area contributed by atoms with E-state index in [1.807, 2.05) is 50.2 Å². The van der Waals surface area contributed by atoms with E-state index in [1.165, 1.54) is 0 Å². The predicted molar refractivity (Wildman–Crippen MR) is 106 cm³/mol. The zero-order chi connectivity index (χ0) is 17.4. The van der Waals surface area contributed by atoms with Crippen molar-refractivity contribution in [3.05, 3.63) is 56.5 Å². The minimum absolute atomic E-state index is 0.599. The molecule has 0 radical (unpaired) electrons. The highest BCUT2D eigenvalue weighted by atomic mass is 79.9. The number of hydrogen-bond donors (Lipinski definition) is 0. The van der Waals surface area contributed by atoms with Crippen molar-refractivity contribution in [2.45, 2.75) is 13.8 Å². The molecule has 0 fully saturated rings. The second kappa shape index (κ2) is 9.59. The molecular formula is C18H18Br2N2O2. The van der Waals surface area contributed by atoms with Crippen LogP contribution in [0.1, 0.15) is 25.0 Å². The Balaban J connectivity index is 2.18. The molecule has 126 valence electrons. The van der Waals surface area contributed by atoms with Crippen LogP contribution < -0.4 is 9.47 Å². The van der Waals surface area contributed by atoms with Crippen molar-refractivity contribution in [1.29, 1.82) is 0 Å². The summed E-state index contributed by atoms with van der Waals surface area (Å²) in [4.78, 5) is 0. The fourth-order valence-corrected chi connectivity index (χ4v) is 2.76. The highest BCUT2D eigenvalue weighted by Gasteiger charge is 2.03. The Labute approximate surface area is 158 Å². The molecule has 0 atom stereocenters. The summed E-state index contributed by atoms with van der Waals surface area (Å²) in [5.41, 5.74) is 1.73. The molecule has 2 aromatic carbocycles. The van der Waals surface area contributed by atoms with E-state index < -0.39 is 0 Å². The molecule has 0 aromatic heterocycles. The van der Waals surface area contributed by atoms with E-state index in [-0.39, 0.29) is 0 Å². The summed E-state index contributed by atoms with van der Waals surface area (Å²) in [6, 6.07) is 11.5. The summed E-state index contributed by atoms with van der Waals surface area (Å²) in [5.74, 6) is 1.55. The van der Waals surface area contributed by atoms with E-state index in [0.717, 1.165) is 31.6 Å². The lowest BCUT2D eigenvalue weighted by Crippen LogP contribution is -1.96. The standard InChI is InChI=1S/C18H18Br2N2O2/c1-3-23-17-7-5-15(19)9-13(17)11-21-22-12-14-10-16(20)6-8-18(14)24-4-2/h5-12H,3-4H2,1-2H3/b21-11-,22-12-. The molecule has 6 heteroatoms. The fraction of sp³-hybridized carbons (Fsp3) is 0.222. The van der Waals surface area contributed by atoms with Gasteiger partial charge in [-0.3, -0.25) is 0 Å². The van der Waals surface area contributed by atoms with E-state index in [1.54, 1.807) is 12.4 Å². The number of rotatable bonds is 7. The van der Waals surface area contributed by atoms with Gasteiger partial charge in [-0.15, -0.1) is 0 Å². The molecule has 0 unspecified atom stereocenters. The zero-order valence-electron chi connectivity index (χ0n) is 13.5. The van der Waals surface area contributed by atoms with Gasteiger partial charge in [0.25, 0.3) is 0 Å². The van der Waals surface area contributed by atoms with Crippen LogP contribution in [-0.2, 0) is 0 Å². The van der Waals surface area contributed by atoms with Crippen LogP contribution in [0.25, 0.3) is 0 Å². The van der Waals surface area contributed by atoms with Gasteiger partial charge in [0.2, 0.25) is 0 Å². The maximum Gasteiger partial charge on any atom is 0.128 e. The molecule has 0 saturated heterocycles. The summed E-state index contributed by atoms with van der Waals surface area (Å²) in [6.45, 7) is 5.09. The van der Waals surface area contributed by atoms with Crippen molar-refractivity contribution in [3.63, 3.8) is 0 Å². The molecule has 4 nitrogen and oxygen atoms in total. The summed E-state index contributed by atoms with van der Waals surface area (Å²) in [7, 11) is 0. The van der Waals surface area contributed by atoms with Gasteiger partial charge >= 0.3 is 0 Å². The van der Waals surface area contributed by atoms with Gasteiger partial charge in [-0.1, -0.05) is 31.9 Å². The third kappa shape index (κ3) is 5.46. The number of benzene rings is 2. The molecule has 0 N–H and O–H groups in total. The van der Waals surface area contributed by atoms with Gasteiger partial charge < -0.3 is 9.47 Å². The van der Waals surface area contributed by atoms with Crippen LogP contribution >= 0.6 is 31.9 Å². The monoisotopic (exact) mass is 452 g/mol. The van der Waals surface area contributed by atoms with E-state index in [4.69, 9.17) is 9.47 Å². The van der Waals surface area contributed by atoms with Crippen LogP contribution in [0.3, 0.4) is 0 Å². The van der Waals surface area contributed by atoms with Gasteiger partial charge in [-0.25, -0.2) is 0 Å². The largest absolute Gasteiger partial charge is 0.493 e. The lowest BCUT2D eigenvalue weighted by atomic mass is 10.2. The smallest absolute Gasteiger partial charge is 0.128 e. The van der Waals surface area contributed by atoms with Gasteiger partial charge in [-0.05, 0) is 50.2 Å². The fourth-order valence-electron chi connectivity index (χ4n) is 2.01. The Morgan fingerprint density at radius 1 is 0.792 bits per heavy atom. The predicted octanol–water partition coefficient (Wildman–Crippen LogP) is 5.46. The Bertz CT molecular complexity index is 682. The molecule has 24 heavy (non-hydrogen) atoms. The van der Waals surface area contributed by atoms with Crippen LogP contribution in [0.2, 0.25) is 0 Å². The second-order valence-electron chi connectivity index (χ2n) is 4.72. The van der Waals surface area contributed by atoms with Crippen molar-refractivity contribution < 1.29 is 9.47 Å². The average Bonchev–Trinajstić information content (AvgIpc) is 2.56. The average molecular weight is 454 g/mol. The topological polar surface area (TPSA) is 43.2 Å². The molecule has 0 aliphatic carbocycles. The maximum atomic E-state index is 5.58. The molecule has 0 aliphatic heterocycles. The molecule has 0 saturated carbocycles. The molecule has 0 aliphatic rings. The first-order valence-corrected chi connectivity index (χ1v) is 9.13. The lowest BCUT2D eigenvalue weighted by molar-refractivity contribution is 0.339. The first-order valence-electron chi connectivity index (χ1n) is 7.55. The van der Waals surface area contributed by atoms with Crippen molar-refractivity contribution >= 4 is 44.3 Å². The molecule has 0 amide bonds. The van der Waals surface area contributed by atoms with E-state index in [9.17, 15) is 0 Å². The molecule has 0 bridgehead atoms. The third-order valence-corrected chi connectivity index (χ3v) is 3.99. The highest BCUT2D eigenvalue weighted by molar-refractivity contribution is 9.10. The number of ether oxygens (including phenoxy) is 2. The van der Waals surface area contributed by atoms with Crippen LogP contribution in [0.4, 0.5) is 0 Å². The first-order chi connectivity index (χ1) is 11.6. The van der Waals surface area contributed by atoms with Gasteiger partial charge in [0, 0.05) is 20.1 Å². The number of nitrogens with zero attached hydrogens (tertiary/aromatic N) is 2. The molecular weight excluding hydrogens is 436 g/mol. The molecule has 0 spiro atoms. The maximum absolute atomic E-state index is 5.58. The van der Waals surface area contributed by atoms with Crippen molar-refractivity contribution in [2.75, 3.05) is 13.2 Å². The van der Waals surface area contributed by atoms with Gasteiger partial charge in [-0.2, -0.15) is 10.2 Å². The van der Waals surface area contributed by atoms with Gasteiger partial charge in [0.1, 0.15) is 11.5 Å². The highest BCUT2D eigenvalue weighted by Crippen LogP contribution is 2.23. The van der Waals surface area contributed by atoms with Crippen LogP contribution in [0, 0.1) is 0 Å². The van der Waals surface area contributed by atoms with Crippen molar-refractivity contribution in [1.82, 2.24) is 0 Å². The van der Waals surface area contributed by atoms with Crippen LogP contribution in [0.5, 0.6) is 11.5 Å². The van der Waals surface area contributed by atoms with Crippen LogP contribution in [-0.4, -0.2) is 25.6 Å². The van der Waals surface area contributed by atoms with E-state index >= 15 is 0 Å². The molecule has 2 aromatic rings. The SMILES string of the molecule is CCOc1ccc(Br)cc1/C=N\N=C/c1cc(Br)ccc1OCC. The van der Waals surface area contributed by atoms with Crippen molar-refractivity contribution in [3.8, 4) is 11.5 Å². The Morgan fingerprint density at radius 2 is 1.21 bits per heavy atom. The number of hydrogen-bond acceptors (Lipinski definition) is 4. The Morgan fingerprint density at radius 3 is 1.58 bits per heavy atom. The van der Waals surface area contributed by atoms with E-state index in [0.29, 0.717) is 13.2 Å². The third-order valence-electron chi connectivity index (χ3n) is 3.00. The summed E-state index contributed by atoms with van der Waals surface area (Å²) in [6.07, 6.45) is 3.34. The van der Waals surface area contributed by atoms with Gasteiger partial charge in [0.15, 0.2) is 0 Å². The van der Waals surface area contributed by atoms with Gasteiger partial charge in [0.05, 0.1) is 25.6 Å². The lowest BCUT2D eigenvalue weighted by Gasteiger charge is -2.07. The molecule has 0 heterocycles. The Hall–Kier alpha value is -1.66. The van der Waals surface area contributed by atoms with Crippen molar-refractivity contribution in [2.24, 2.45) is 10.2 Å². The quantitative estimate of drug-likeness (QED) is 0.412. The summed E-state index contributed by atoms with van der Waals surface area (Å²) in [5, 5.41) is 8.25. The minimum atomic E-state index is 0.599. The normalized spacial score (nSPS) is 11.3. The summed E-state index contributed by atoms with van der Waals surface area (Å²) >= 11 is 6.90. The van der Waals surface area contributed by atoms with Crippen LogP contribution in [0.15, 0.2) is 55.5 Å². The molecule has 2 rings (SSSR count). The first kappa shape index (κ1) is 18.7. The second-order valence-corrected chi connectivity index (χ2v) is 6.55. The zero-order valence-corrected chi connectivity index (χ0v) is 16.7. The minimum Gasteiger partial charge on any atom is -0.493 e. The Kier molecular flexibility index (Phi) is 7.46.